The average Bonchev–Trinajstić information content (AvgIpc) is 2.81. The van der Waals surface area contributed by atoms with E-state index in [0.29, 0.717) is 38.0 Å². The van der Waals surface area contributed by atoms with Gasteiger partial charge in [0, 0.05) is 6.42 Å². The summed E-state index contributed by atoms with van der Waals surface area (Å²) >= 11 is 1.50. The van der Waals surface area contributed by atoms with Crippen molar-refractivity contribution in [3.05, 3.63) is 0 Å². The van der Waals surface area contributed by atoms with Crippen LogP contribution in [0.2, 0.25) is 0 Å². The molecule has 0 fully saturated rings. The summed E-state index contributed by atoms with van der Waals surface area (Å²) in [6.45, 7) is 4.07. The number of hydrogen-bond donors (Lipinski definition) is 7. The second-order valence-electron chi connectivity index (χ2n) is 8.51. The molecule has 0 saturated heterocycles. The van der Waals surface area contributed by atoms with Crippen LogP contribution in [-0.4, -0.2) is 77.4 Å². The van der Waals surface area contributed by atoms with Crippen LogP contribution in [0.1, 0.15) is 58.8 Å². The van der Waals surface area contributed by atoms with Crippen molar-refractivity contribution in [2.24, 2.45) is 23.1 Å². The number of carboxylic acids is 1. The van der Waals surface area contributed by atoms with E-state index >= 15 is 0 Å². The molecule has 0 rings (SSSR count). The van der Waals surface area contributed by atoms with E-state index in [9.17, 15) is 29.1 Å². The van der Waals surface area contributed by atoms with Gasteiger partial charge in [-0.05, 0) is 50.2 Å². The summed E-state index contributed by atoms with van der Waals surface area (Å²) in [6.07, 6.45) is 4.16. The van der Waals surface area contributed by atoms with E-state index in [-0.39, 0.29) is 18.8 Å². The third-order valence-corrected chi connectivity index (χ3v) is 6.28. The molecule has 35 heavy (non-hydrogen) atoms. The summed E-state index contributed by atoms with van der Waals surface area (Å²) in [5, 5.41) is 17.1. The van der Waals surface area contributed by atoms with Crippen molar-refractivity contribution < 1.29 is 29.1 Å². The molecule has 202 valence electrons. The van der Waals surface area contributed by atoms with Crippen molar-refractivity contribution in [3.8, 4) is 0 Å². The van der Waals surface area contributed by atoms with Crippen LogP contribution < -0.4 is 33.2 Å². The monoisotopic (exact) mass is 518 g/mol. The third kappa shape index (κ3) is 13.3. The first-order chi connectivity index (χ1) is 16.5. The maximum Gasteiger partial charge on any atom is 0.326 e. The lowest BCUT2D eigenvalue weighted by Crippen LogP contribution is -2.58. The fraction of sp³-hybridized carbons (Fsp3) is 0.773. The largest absolute Gasteiger partial charge is 0.480 e. The van der Waals surface area contributed by atoms with Crippen molar-refractivity contribution in [1.29, 1.82) is 0 Å². The zero-order chi connectivity index (χ0) is 27.0. The highest BCUT2D eigenvalue weighted by Crippen LogP contribution is 2.11. The molecule has 5 atom stereocenters. The van der Waals surface area contributed by atoms with Crippen LogP contribution >= 0.6 is 11.8 Å². The highest BCUT2D eigenvalue weighted by Gasteiger charge is 2.32. The summed E-state index contributed by atoms with van der Waals surface area (Å²) in [5.74, 6) is -3.49. The average molecular weight is 519 g/mol. The number of nitrogens with two attached hydrogens (primary N) is 3. The Morgan fingerprint density at radius 1 is 0.914 bits per heavy atom. The molecule has 0 aromatic rings. The molecule has 0 aliphatic carbocycles. The number of carbonyl (C=O) groups is 5. The van der Waals surface area contributed by atoms with E-state index in [1.54, 1.807) is 6.92 Å². The van der Waals surface area contributed by atoms with Crippen molar-refractivity contribution in [3.63, 3.8) is 0 Å². The fourth-order valence-electron chi connectivity index (χ4n) is 3.18. The smallest absolute Gasteiger partial charge is 0.326 e. The van der Waals surface area contributed by atoms with Gasteiger partial charge < -0.3 is 38.3 Å². The van der Waals surface area contributed by atoms with Gasteiger partial charge >= 0.3 is 5.97 Å². The van der Waals surface area contributed by atoms with Crippen LogP contribution in [-0.2, 0) is 24.0 Å². The highest BCUT2D eigenvalue weighted by molar-refractivity contribution is 7.98. The van der Waals surface area contributed by atoms with E-state index in [4.69, 9.17) is 17.2 Å². The molecule has 5 unspecified atom stereocenters. The summed E-state index contributed by atoms with van der Waals surface area (Å²) in [6, 6.07) is -4.09. The molecule has 0 aromatic heterocycles. The summed E-state index contributed by atoms with van der Waals surface area (Å²) in [5.41, 5.74) is 16.5. The van der Waals surface area contributed by atoms with Gasteiger partial charge in [-0.2, -0.15) is 11.8 Å². The van der Waals surface area contributed by atoms with E-state index in [2.05, 4.69) is 16.0 Å². The molecule has 0 spiro atoms. The Labute approximate surface area is 211 Å². The summed E-state index contributed by atoms with van der Waals surface area (Å²) in [7, 11) is 0. The van der Waals surface area contributed by atoms with Gasteiger partial charge in [-0.3, -0.25) is 19.2 Å². The molecule has 0 bridgehead atoms. The number of amides is 4. The highest BCUT2D eigenvalue weighted by atomic mass is 32.2. The standard InChI is InChI=1S/C22H42N6O6S/c1-4-13(2)18(21(32)27-16(22(33)34)8-9-17(25)29)28-20(31)15(10-12-35-3)26-19(30)14(24)7-5-6-11-23/h13-16,18H,4-12,23-24H2,1-3H3,(H2,25,29)(H,26,30)(H,27,32)(H,28,31)(H,33,34). The molecule has 0 heterocycles. The Hall–Kier alpha value is -2.38. The number of nitrogens with one attached hydrogen (secondary N) is 3. The minimum absolute atomic E-state index is 0.175. The Kier molecular flexibility index (Phi) is 16.7. The first kappa shape index (κ1) is 32.6. The zero-order valence-electron chi connectivity index (χ0n) is 20.9. The van der Waals surface area contributed by atoms with E-state index < -0.39 is 53.8 Å². The van der Waals surface area contributed by atoms with Crippen LogP contribution in [0.5, 0.6) is 0 Å². The van der Waals surface area contributed by atoms with Crippen LogP contribution in [0.15, 0.2) is 0 Å². The Bertz CT molecular complexity index is 710. The second kappa shape index (κ2) is 18.0. The normalized spacial score (nSPS) is 15.2. The summed E-state index contributed by atoms with van der Waals surface area (Å²) in [4.78, 5) is 61.1. The first-order valence-corrected chi connectivity index (χ1v) is 13.2. The molecule has 10 N–H and O–H groups in total. The van der Waals surface area contributed by atoms with Crippen molar-refractivity contribution >= 4 is 41.4 Å². The predicted molar refractivity (Wildman–Crippen MR) is 135 cm³/mol. The van der Waals surface area contributed by atoms with Gasteiger partial charge in [-0.25, -0.2) is 4.79 Å². The zero-order valence-corrected chi connectivity index (χ0v) is 21.7. The Morgan fingerprint density at radius 3 is 2.06 bits per heavy atom. The number of hydrogen-bond acceptors (Lipinski definition) is 8. The number of aliphatic carboxylic acids is 1. The molecule has 0 aliphatic rings. The maximum absolute atomic E-state index is 13.1. The van der Waals surface area contributed by atoms with Gasteiger partial charge in [0.2, 0.25) is 23.6 Å². The van der Waals surface area contributed by atoms with Crippen LogP contribution in [0.25, 0.3) is 0 Å². The van der Waals surface area contributed by atoms with E-state index in [1.165, 1.54) is 11.8 Å². The number of rotatable bonds is 19. The number of unbranched alkanes of at least 4 members (excludes halogenated alkanes) is 1. The third-order valence-electron chi connectivity index (χ3n) is 5.64. The SMILES string of the molecule is CCC(C)C(NC(=O)C(CCSC)NC(=O)C(N)CCCCN)C(=O)NC(CCC(N)=O)C(=O)O. The lowest BCUT2D eigenvalue weighted by Gasteiger charge is -2.28. The van der Waals surface area contributed by atoms with Crippen LogP contribution in [0, 0.1) is 5.92 Å². The second-order valence-corrected chi connectivity index (χ2v) is 9.50. The lowest BCUT2D eigenvalue weighted by molar-refractivity contribution is -0.143. The van der Waals surface area contributed by atoms with Gasteiger partial charge in [-0.15, -0.1) is 0 Å². The minimum Gasteiger partial charge on any atom is -0.480 e. The molecule has 0 saturated carbocycles. The maximum atomic E-state index is 13.1. The van der Waals surface area contributed by atoms with Gasteiger partial charge in [0.1, 0.15) is 18.1 Å². The van der Waals surface area contributed by atoms with E-state index in [0.717, 1.165) is 6.42 Å². The molecular formula is C22H42N6O6S. The predicted octanol–water partition coefficient (Wildman–Crippen LogP) is -0.954. The lowest BCUT2D eigenvalue weighted by atomic mass is 9.97. The number of thioether (sulfide) groups is 1. The number of carboxylic acid groups (broad SMARTS) is 1. The van der Waals surface area contributed by atoms with Gasteiger partial charge in [0.25, 0.3) is 0 Å². The fourth-order valence-corrected chi connectivity index (χ4v) is 3.66. The topological polar surface area (TPSA) is 220 Å². The van der Waals surface area contributed by atoms with Gasteiger partial charge in [-0.1, -0.05) is 26.7 Å². The van der Waals surface area contributed by atoms with Crippen LogP contribution in [0.4, 0.5) is 0 Å². The molecule has 12 nitrogen and oxygen atoms in total. The molecule has 0 radical (unpaired) electrons. The molecule has 0 aliphatic heterocycles. The van der Waals surface area contributed by atoms with Crippen molar-refractivity contribution in [2.75, 3.05) is 18.6 Å². The van der Waals surface area contributed by atoms with E-state index in [1.807, 2.05) is 13.2 Å². The number of primary amides is 1. The molecule has 4 amide bonds. The quantitative estimate of drug-likeness (QED) is 0.105. The van der Waals surface area contributed by atoms with Crippen molar-refractivity contribution in [2.45, 2.75) is 83.0 Å². The molecular weight excluding hydrogens is 476 g/mol. The number of carbonyl (C=O) groups excluding carboxylic acids is 4. The first-order valence-electron chi connectivity index (χ1n) is 11.8. The Morgan fingerprint density at radius 2 is 1.54 bits per heavy atom. The van der Waals surface area contributed by atoms with Gasteiger partial charge in [0.15, 0.2) is 0 Å². The Balaban J connectivity index is 5.44. The van der Waals surface area contributed by atoms with Crippen molar-refractivity contribution in [1.82, 2.24) is 16.0 Å². The summed E-state index contributed by atoms with van der Waals surface area (Å²) < 4.78 is 0. The molecule has 0 aromatic carbocycles. The van der Waals surface area contributed by atoms with Gasteiger partial charge in [0.05, 0.1) is 6.04 Å². The van der Waals surface area contributed by atoms with Crippen LogP contribution in [0.3, 0.4) is 0 Å². The minimum atomic E-state index is -1.34. The molecule has 13 heteroatoms.